The van der Waals surface area contributed by atoms with E-state index in [1.807, 2.05) is 0 Å². The van der Waals surface area contributed by atoms with Crippen molar-refractivity contribution in [1.82, 2.24) is 9.62 Å². The topological polar surface area (TPSA) is 116 Å². The molecule has 0 unspecified atom stereocenters. The molecule has 28 heavy (non-hydrogen) atoms. The number of nitrogens with one attached hydrogen (secondary N) is 1. The van der Waals surface area contributed by atoms with E-state index in [4.69, 9.17) is 4.74 Å². The number of ether oxygens (including phenoxy) is 1. The first-order valence-electron chi connectivity index (χ1n) is 8.66. The van der Waals surface area contributed by atoms with Crippen LogP contribution >= 0.6 is 0 Å². The Morgan fingerprint density at radius 3 is 2.54 bits per heavy atom. The molecule has 0 spiro atoms. The normalized spacial score (nSPS) is 21.3. The second-order valence-electron chi connectivity index (χ2n) is 7.89. The number of hydrogen-bond donors (Lipinski definition) is 2. The van der Waals surface area contributed by atoms with E-state index >= 15 is 4.39 Å². The predicted molar refractivity (Wildman–Crippen MR) is 97.4 cm³/mol. The van der Waals surface area contributed by atoms with Crippen LogP contribution in [0.4, 0.5) is 14.9 Å². The zero-order valence-electron chi connectivity index (χ0n) is 15.9. The molecule has 0 aliphatic carbocycles. The van der Waals surface area contributed by atoms with Crippen molar-refractivity contribution in [1.29, 1.82) is 0 Å². The number of amides is 2. The second-order valence-corrected chi connectivity index (χ2v) is 9.49. The predicted octanol–water partition coefficient (Wildman–Crippen LogP) is 1.39. The number of benzene rings is 1. The highest BCUT2D eigenvalue weighted by molar-refractivity contribution is 7.92. The van der Waals surface area contributed by atoms with E-state index in [0.717, 1.165) is 0 Å². The first-order valence-corrected chi connectivity index (χ1v) is 10.1. The van der Waals surface area contributed by atoms with Gasteiger partial charge in [-0.05, 0) is 51.3 Å². The number of nitrogens with zero attached hydrogens (tertiary/aromatic N) is 2. The van der Waals surface area contributed by atoms with Gasteiger partial charge in [0.25, 0.3) is 5.91 Å². The summed E-state index contributed by atoms with van der Waals surface area (Å²) in [6.45, 7) is 6.30. The Labute approximate surface area is 162 Å². The average Bonchev–Trinajstić information content (AvgIpc) is 2.78. The Balaban J connectivity index is 1.99. The smallest absolute Gasteiger partial charge is 0.410 e. The van der Waals surface area contributed by atoms with E-state index in [1.54, 1.807) is 32.4 Å². The molecule has 11 heteroatoms. The monoisotopic (exact) mass is 415 g/mol. The molecule has 1 saturated heterocycles. The number of rotatable bonds is 1. The molecule has 2 aliphatic rings. The maximum absolute atomic E-state index is 15.2. The van der Waals surface area contributed by atoms with Gasteiger partial charge in [0, 0.05) is 12.6 Å². The van der Waals surface area contributed by atoms with Gasteiger partial charge in [0.2, 0.25) is 0 Å². The number of carbonyl (C=O) groups excluding carboxylic acids is 2. The number of fused-ring (bicyclic) bond motifs is 1. The molecule has 1 aromatic carbocycles. The van der Waals surface area contributed by atoms with Gasteiger partial charge in [-0.1, -0.05) is 0 Å². The van der Waals surface area contributed by atoms with Gasteiger partial charge in [0.15, 0.2) is 5.82 Å². The van der Waals surface area contributed by atoms with Crippen LogP contribution in [-0.2, 0) is 32.7 Å². The molecule has 0 aromatic heterocycles. The minimum atomic E-state index is -4.27. The molecule has 1 aromatic rings. The summed E-state index contributed by atoms with van der Waals surface area (Å²) in [7, 11) is -4.27. The van der Waals surface area contributed by atoms with Crippen molar-refractivity contribution < 1.29 is 32.2 Å². The molecule has 3 rings (SSSR count). The summed E-state index contributed by atoms with van der Waals surface area (Å²) in [4.78, 5) is 25.3. The lowest BCUT2D eigenvalue weighted by Gasteiger charge is -2.36. The van der Waals surface area contributed by atoms with Crippen LogP contribution in [0.2, 0.25) is 0 Å². The van der Waals surface area contributed by atoms with E-state index in [1.165, 1.54) is 11.0 Å². The van der Waals surface area contributed by atoms with Crippen molar-refractivity contribution in [2.75, 3.05) is 10.8 Å². The molecule has 154 valence electrons. The Hall–Kier alpha value is -2.56. The number of halogens is 1. The van der Waals surface area contributed by atoms with E-state index < -0.39 is 57.7 Å². The van der Waals surface area contributed by atoms with Crippen LogP contribution in [0.25, 0.3) is 0 Å². The fraction of sp³-hybridized carbons (Fsp3) is 0.529. The fourth-order valence-electron chi connectivity index (χ4n) is 3.27. The van der Waals surface area contributed by atoms with Crippen molar-refractivity contribution in [2.45, 2.75) is 52.3 Å². The lowest BCUT2D eigenvalue weighted by molar-refractivity contribution is -0.117. The summed E-state index contributed by atoms with van der Waals surface area (Å²) < 4.78 is 46.8. The number of hydrogen-bond acceptors (Lipinski definition) is 6. The lowest BCUT2D eigenvalue weighted by atomic mass is 9.93. The maximum Gasteiger partial charge on any atom is 0.410 e. The number of carbonyl (C=O) groups is 2. The molecular weight excluding hydrogens is 393 g/mol. The minimum Gasteiger partial charge on any atom is -0.506 e. The third-order valence-corrected chi connectivity index (χ3v) is 5.86. The third-order valence-electron chi connectivity index (χ3n) is 4.48. The summed E-state index contributed by atoms with van der Waals surface area (Å²) in [5, 5.41) is 10.3. The zero-order chi connectivity index (χ0) is 21.0. The van der Waals surface area contributed by atoms with Crippen LogP contribution in [0.5, 0.6) is 5.75 Å². The Morgan fingerprint density at radius 2 is 2.00 bits per heavy atom. The molecule has 2 heterocycles. The Bertz CT molecular complexity index is 957. The first-order chi connectivity index (χ1) is 12.8. The van der Waals surface area contributed by atoms with Crippen LogP contribution in [0.3, 0.4) is 0 Å². The van der Waals surface area contributed by atoms with Gasteiger partial charge < -0.3 is 14.7 Å². The van der Waals surface area contributed by atoms with Crippen molar-refractivity contribution in [3.05, 3.63) is 23.0 Å². The summed E-state index contributed by atoms with van der Waals surface area (Å²) in [5.41, 5.74) is -0.735. The van der Waals surface area contributed by atoms with Crippen molar-refractivity contribution in [2.24, 2.45) is 0 Å². The third kappa shape index (κ3) is 3.58. The molecular formula is C17H22FN3O6S. The summed E-state index contributed by atoms with van der Waals surface area (Å²) >= 11 is 0. The maximum atomic E-state index is 15.2. The fourth-order valence-corrected chi connectivity index (χ4v) is 4.44. The number of phenols is 1. The van der Waals surface area contributed by atoms with Crippen LogP contribution in [0.15, 0.2) is 6.07 Å². The van der Waals surface area contributed by atoms with Gasteiger partial charge in [0.05, 0.1) is 0 Å². The van der Waals surface area contributed by atoms with Gasteiger partial charge in [-0.2, -0.15) is 8.42 Å². The summed E-state index contributed by atoms with van der Waals surface area (Å²) in [5.74, 6) is -2.37. The standard InChI is InChI=1S/C17H22FN3O6S/c1-9-5-11-10(7-20(9)16(24)27-17(2,3)4)6-12(22)15(14(11)18)21-8-13(23)19-28(21,25)26/h6,9,22H,5,7-8H2,1-4H3,(H,19,23)/t9-/m0/s1. The highest BCUT2D eigenvalue weighted by Gasteiger charge is 2.40. The zero-order valence-corrected chi connectivity index (χ0v) is 16.8. The van der Waals surface area contributed by atoms with Crippen molar-refractivity contribution in [3.8, 4) is 5.75 Å². The highest BCUT2D eigenvalue weighted by Crippen LogP contribution is 2.40. The van der Waals surface area contributed by atoms with E-state index in [0.29, 0.717) is 9.87 Å². The molecule has 0 radical (unpaired) electrons. The number of anilines is 1. The van der Waals surface area contributed by atoms with Crippen LogP contribution in [0.1, 0.15) is 38.8 Å². The van der Waals surface area contributed by atoms with Gasteiger partial charge in [-0.15, -0.1) is 0 Å². The molecule has 2 aliphatic heterocycles. The molecule has 0 saturated carbocycles. The summed E-state index contributed by atoms with van der Waals surface area (Å²) in [6, 6.07) is 0.805. The van der Waals surface area contributed by atoms with Crippen LogP contribution < -0.4 is 9.03 Å². The van der Waals surface area contributed by atoms with Gasteiger partial charge in [-0.25, -0.2) is 18.2 Å². The van der Waals surface area contributed by atoms with E-state index in [-0.39, 0.29) is 18.5 Å². The Kier molecular flexibility index (Phi) is 4.69. The molecule has 1 fully saturated rings. The number of aromatic hydroxyl groups is 1. The second kappa shape index (κ2) is 6.50. The first kappa shape index (κ1) is 20.2. The van der Waals surface area contributed by atoms with Crippen molar-refractivity contribution in [3.63, 3.8) is 0 Å². The summed E-state index contributed by atoms with van der Waals surface area (Å²) in [6.07, 6.45) is -0.463. The van der Waals surface area contributed by atoms with Gasteiger partial charge >= 0.3 is 16.3 Å². The molecule has 0 bridgehead atoms. The van der Waals surface area contributed by atoms with E-state index in [2.05, 4.69) is 0 Å². The molecule has 9 nitrogen and oxygen atoms in total. The highest BCUT2D eigenvalue weighted by atomic mass is 32.2. The Morgan fingerprint density at radius 1 is 1.36 bits per heavy atom. The SMILES string of the molecule is C[C@H]1Cc2c(cc(O)c(N3CC(=O)NS3(=O)=O)c2F)CN1C(=O)OC(C)(C)C. The van der Waals surface area contributed by atoms with Gasteiger partial charge in [-0.3, -0.25) is 4.79 Å². The van der Waals surface area contributed by atoms with Crippen LogP contribution in [-0.4, -0.2) is 48.6 Å². The molecule has 2 N–H and O–H groups in total. The lowest BCUT2D eigenvalue weighted by Crippen LogP contribution is -2.45. The quantitative estimate of drug-likeness (QED) is 0.716. The minimum absolute atomic E-state index is 0.000103. The number of phenolic OH excluding ortho intramolecular Hbond substituents is 1. The van der Waals surface area contributed by atoms with E-state index in [9.17, 15) is 23.1 Å². The molecule has 1 atom stereocenters. The largest absolute Gasteiger partial charge is 0.506 e. The van der Waals surface area contributed by atoms with Gasteiger partial charge in [0.1, 0.15) is 23.6 Å². The van der Waals surface area contributed by atoms with Crippen molar-refractivity contribution >= 4 is 27.9 Å². The molecule has 2 amide bonds. The average molecular weight is 415 g/mol. The van der Waals surface area contributed by atoms with Crippen LogP contribution in [0, 0.1) is 5.82 Å².